The molecule has 2 aromatic heterocycles. The number of anilines is 1. The molecule has 1 saturated carbocycles. The number of likely N-dealkylation sites (N-methyl/N-ethyl adjacent to an activating group) is 1. The number of nitrogens with zero attached hydrogens (tertiary/aromatic N) is 6. The second-order valence-electron chi connectivity index (χ2n) is 7.80. The summed E-state index contributed by atoms with van der Waals surface area (Å²) < 4.78 is 1.95. The van der Waals surface area contributed by atoms with E-state index in [0.717, 1.165) is 57.1 Å². The minimum atomic E-state index is -0.309. The number of piperazine rings is 1. The van der Waals surface area contributed by atoms with Gasteiger partial charge in [-0.05, 0) is 31.9 Å². The van der Waals surface area contributed by atoms with Crippen LogP contribution in [0.5, 0.6) is 0 Å². The summed E-state index contributed by atoms with van der Waals surface area (Å²) in [6.45, 7) is 5.59. The first-order valence-electron chi connectivity index (χ1n) is 9.80. The molecule has 0 amide bonds. The lowest BCUT2D eigenvalue weighted by Crippen LogP contribution is -2.45. The van der Waals surface area contributed by atoms with Gasteiger partial charge in [-0.1, -0.05) is 0 Å². The molecule has 0 spiro atoms. The number of rotatable bonds is 6. The van der Waals surface area contributed by atoms with Gasteiger partial charge in [0.25, 0.3) is 0 Å². The van der Waals surface area contributed by atoms with Gasteiger partial charge in [0.05, 0.1) is 6.10 Å². The predicted molar refractivity (Wildman–Crippen MR) is 103 cm³/mol. The monoisotopic (exact) mass is 371 g/mol. The van der Waals surface area contributed by atoms with Crippen LogP contribution in [0.25, 0.3) is 0 Å². The van der Waals surface area contributed by atoms with Gasteiger partial charge in [0.2, 0.25) is 5.95 Å². The van der Waals surface area contributed by atoms with E-state index in [4.69, 9.17) is 0 Å². The molecule has 3 heterocycles. The maximum Gasteiger partial charge on any atom is 0.225 e. The van der Waals surface area contributed by atoms with Gasteiger partial charge in [-0.15, -0.1) is 0 Å². The maximum atomic E-state index is 10.4. The number of hydrogen-bond acceptors (Lipinski definition) is 7. The van der Waals surface area contributed by atoms with E-state index in [1.807, 2.05) is 29.3 Å². The highest BCUT2D eigenvalue weighted by atomic mass is 16.3. The van der Waals surface area contributed by atoms with Crippen LogP contribution in [0.4, 0.5) is 5.95 Å². The Hall–Kier alpha value is -2.03. The molecule has 2 fully saturated rings. The molecule has 27 heavy (non-hydrogen) atoms. The van der Waals surface area contributed by atoms with Gasteiger partial charge >= 0.3 is 0 Å². The molecule has 0 bridgehead atoms. The second-order valence-corrected chi connectivity index (χ2v) is 7.80. The van der Waals surface area contributed by atoms with Crippen LogP contribution in [0.15, 0.2) is 30.9 Å². The maximum absolute atomic E-state index is 10.4. The van der Waals surface area contributed by atoms with Gasteiger partial charge < -0.3 is 20.2 Å². The number of aromatic nitrogens is 4. The molecule has 2 aromatic rings. The molecule has 1 unspecified atom stereocenters. The third-order valence-electron chi connectivity index (χ3n) is 5.68. The number of nitrogens with one attached hydrogen (secondary N) is 1. The van der Waals surface area contributed by atoms with Gasteiger partial charge in [0.15, 0.2) is 0 Å². The predicted octanol–water partition coefficient (Wildman–Crippen LogP) is 0.354. The summed E-state index contributed by atoms with van der Waals surface area (Å²) >= 11 is 0. The third-order valence-corrected chi connectivity index (χ3v) is 5.68. The van der Waals surface area contributed by atoms with Crippen molar-refractivity contribution in [2.75, 3.05) is 38.1 Å². The van der Waals surface area contributed by atoms with Crippen LogP contribution in [-0.2, 0) is 13.1 Å². The molecular weight excluding hydrogens is 342 g/mol. The summed E-state index contributed by atoms with van der Waals surface area (Å²) in [5.74, 6) is 1.26. The van der Waals surface area contributed by atoms with E-state index < -0.39 is 0 Å². The van der Waals surface area contributed by atoms with E-state index in [0.29, 0.717) is 12.5 Å². The third kappa shape index (κ3) is 4.63. The van der Waals surface area contributed by atoms with Crippen LogP contribution in [0.3, 0.4) is 0 Å². The molecule has 1 aliphatic heterocycles. The first-order chi connectivity index (χ1) is 13.2. The van der Waals surface area contributed by atoms with Gasteiger partial charge in [0.1, 0.15) is 0 Å². The Kier molecular flexibility index (Phi) is 5.66. The standard InChI is InChI=1S/C19H29N7O/c1-24-5-7-25(8-6-24)19-21-12-16(13-22-19)11-20-17-9-15(10-18(17)27)14-26-4-2-3-23-26/h2-4,12-13,15,17-18,20,27H,5-11,14H2,1H3/t15?,17-,18-/m1/s1. The van der Waals surface area contributed by atoms with E-state index in [-0.39, 0.29) is 12.1 Å². The lowest BCUT2D eigenvalue weighted by atomic mass is 10.1. The fourth-order valence-corrected chi connectivity index (χ4v) is 4.02. The highest BCUT2D eigenvalue weighted by Crippen LogP contribution is 2.27. The quantitative estimate of drug-likeness (QED) is 0.758. The summed E-state index contributed by atoms with van der Waals surface area (Å²) in [7, 11) is 2.14. The van der Waals surface area contributed by atoms with E-state index in [2.05, 4.69) is 37.2 Å². The Morgan fingerprint density at radius 3 is 2.63 bits per heavy atom. The van der Waals surface area contributed by atoms with Gasteiger partial charge in [-0.3, -0.25) is 4.68 Å². The normalized spacial score (nSPS) is 26.6. The zero-order valence-corrected chi connectivity index (χ0v) is 15.9. The van der Waals surface area contributed by atoms with Crippen molar-refractivity contribution in [1.82, 2.24) is 30.0 Å². The van der Waals surface area contributed by atoms with Gasteiger partial charge in [-0.2, -0.15) is 5.10 Å². The minimum Gasteiger partial charge on any atom is -0.391 e. The van der Waals surface area contributed by atoms with Crippen LogP contribution < -0.4 is 10.2 Å². The van der Waals surface area contributed by atoms with E-state index >= 15 is 0 Å². The lowest BCUT2D eigenvalue weighted by molar-refractivity contribution is 0.145. The average molecular weight is 371 g/mol. The summed E-state index contributed by atoms with van der Waals surface area (Å²) in [6.07, 6.45) is 9.04. The molecule has 2 N–H and O–H groups in total. The summed E-state index contributed by atoms with van der Waals surface area (Å²) in [5.41, 5.74) is 1.05. The number of hydrogen-bond donors (Lipinski definition) is 2. The Labute approximate surface area is 160 Å². The molecule has 3 atom stereocenters. The Balaban J connectivity index is 1.26. The molecule has 146 valence electrons. The van der Waals surface area contributed by atoms with Crippen LogP contribution >= 0.6 is 0 Å². The Bertz CT molecular complexity index is 697. The topological polar surface area (TPSA) is 82.3 Å². The Morgan fingerprint density at radius 1 is 1.15 bits per heavy atom. The van der Waals surface area contributed by atoms with Gasteiger partial charge in [-0.25, -0.2) is 9.97 Å². The number of aliphatic hydroxyl groups excluding tert-OH is 1. The highest BCUT2D eigenvalue weighted by Gasteiger charge is 2.32. The van der Waals surface area contributed by atoms with Crippen molar-refractivity contribution >= 4 is 5.95 Å². The van der Waals surface area contributed by atoms with Crippen LogP contribution in [0, 0.1) is 5.92 Å². The fourth-order valence-electron chi connectivity index (χ4n) is 4.02. The molecule has 8 heteroatoms. The van der Waals surface area contributed by atoms with E-state index in [1.54, 1.807) is 6.20 Å². The second kappa shape index (κ2) is 8.33. The fraction of sp³-hybridized carbons (Fsp3) is 0.632. The molecule has 1 aliphatic carbocycles. The van der Waals surface area contributed by atoms with Crippen LogP contribution in [0.2, 0.25) is 0 Å². The first kappa shape index (κ1) is 18.3. The average Bonchev–Trinajstić information content (AvgIpc) is 3.31. The first-order valence-corrected chi connectivity index (χ1v) is 9.80. The number of aliphatic hydroxyl groups is 1. The van der Waals surface area contributed by atoms with Crippen molar-refractivity contribution in [2.45, 2.75) is 38.1 Å². The molecule has 8 nitrogen and oxygen atoms in total. The largest absolute Gasteiger partial charge is 0.391 e. The molecule has 2 aliphatic rings. The highest BCUT2D eigenvalue weighted by molar-refractivity contribution is 5.30. The minimum absolute atomic E-state index is 0.114. The van der Waals surface area contributed by atoms with Crippen molar-refractivity contribution in [3.63, 3.8) is 0 Å². The SMILES string of the molecule is CN1CCN(c2ncc(CN[C@@H]3CC(Cn4cccn4)C[C@H]3O)cn2)CC1. The zero-order valence-electron chi connectivity index (χ0n) is 15.9. The van der Waals surface area contributed by atoms with Crippen LogP contribution in [-0.4, -0.2) is 75.1 Å². The van der Waals surface area contributed by atoms with E-state index in [9.17, 15) is 5.11 Å². The molecule has 0 aromatic carbocycles. The summed E-state index contributed by atoms with van der Waals surface area (Å²) in [4.78, 5) is 13.6. The Morgan fingerprint density at radius 2 is 1.93 bits per heavy atom. The van der Waals surface area contributed by atoms with Crippen molar-refractivity contribution < 1.29 is 5.11 Å². The van der Waals surface area contributed by atoms with Gasteiger partial charge in [0, 0.05) is 75.7 Å². The summed E-state index contributed by atoms with van der Waals surface area (Å²) in [6, 6.07) is 2.05. The van der Waals surface area contributed by atoms with Crippen molar-refractivity contribution in [1.29, 1.82) is 0 Å². The van der Waals surface area contributed by atoms with Crippen molar-refractivity contribution in [2.24, 2.45) is 5.92 Å². The summed E-state index contributed by atoms with van der Waals surface area (Å²) in [5, 5.41) is 18.1. The molecule has 4 rings (SSSR count). The zero-order chi connectivity index (χ0) is 18.6. The lowest BCUT2D eigenvalue weighted by Gasteiger charge is -2.32. The smallest absolute Gasteiger partial charge is 0.225 e. The van der Waals surface area contributed by atoms with E-state index in [1.165, 1.54) is 0 Å². The van der Waals surface area contributed by atoms with Crippen molar-refractivity contribution in [3.8, 4) is 0 Å². The molecule has 0 radical (unpaired) electrons. The molecular formula is C19H29N7O. The molecule has 1 saturated heterocycles. The van der Waals surface area contributed by atoms with Crippen LogP contribution in [0.1, 0.15) is 18.4 Å². The van der Waals surface area contributed by atoms with Crippen molar-refractivity contribution in [3.05, 3.63) is 36.4 Å².